The Balaban J connectivity index is 1.67. The molecular formula is C15H18N6O2. The Morgan fingerprint density at radius 3 is 2.87 bits per heavy atom. The van der Waals surface area contributed by atoms with Gasteiger partial charge in [-0.1, -0.05) is 0 Å². The quantitative estimate of drug-likeness (QED) is 0.841. The number of nitrogens with one attached hydrogen (secondary N) is 1. The number of pyridine rings is 1. The molecule has 0 radical (unpaired) electrons. The summed E-state index contributed by atoms with van der Waals surface area (Å²) >= 11 is 0. The number of carbonyl (C=O) groups is 1. The van der Waals surface area contributed by atoms with Crippen molar-refractivity contribution in [2.24, 2.45) is 5.73 Å². The zero-order valence-corrected chi connectivity index (χ0v) is 12.6. The predicted molar refractivity (Wildman–Crippen MR) is 83.9 cm³/mol. The van der Waals surface area contributed by atoms with Crippen molar-refractivity contribution in [3.63, 3.8) is 0 Å². The first-order chi connectivity index (χ1) is 11.2. The van der Waals surface area contributed by atoms with Crippen LogP contribution in [0.4, 0.5) is 10.6 Å². The van der Waals surface area contributed by atoms with Gasteiger partial charge in [0.15, 0.2) is 5.82 Å². The zero-order chi connectivity index (χ0) is 16.1. The number of rotatable bonds is 5. The minimum absolute atomic E-state index is 0.0163. The molecule has 0 saturated carbocycles. The summed E-state index contributed by atoms with van der Waals surface area (Å²) in [6.45, 7) is 1.79. The van der Waals surface area contributed by atoms with Crippen molar-refractivity contribution in [1.82, 2.24) is 20.3 Å². The van der Waals surface area contributed by atoms with Gasteiger partial charge in [-0.15, -0.1) is 0 Å². The molecule has 2 amide bonds. The van der Waals surface area contributed by atoms with Crippen molar-refractivity contribution in [3.05, 3.63) is 42.5 Å². The Hall–Kier alpha value is -2.90. The second-order valence-corrected chi connectivity index (χ2v) is 5.27. The predicted octanol–water partition coefficient (Wildman–Crippen LogP) is 0.698. The molecule has 1 saturated heterocycles. The Morgan fingerprint density at radius 1 is 1.30 bits per heavy atom. The number of hydrogen-bond donors (Lipinski definition) is 2. The highest BCUT2D eigenvalue weighted by molar-refractivity contribution is 5.72. The van der Waals surface area contributed by atoms with Gasteiger partial charge in [0.25, 0.3) is 5.88 Å². The van der Waals surface area contributed by atoms with Crippen LogP contribution in [0.2, 0.25) is 0 Å². The van der Waals surface area contributed by atoms with Crippen LogP contribution in [-0.4, -0.2) is 40.1 Å². The molecule has 8 nitrogen and oxygen atoms in total. The van der Waals surface area contributed by atoms with Crippen LogP contribution in [0.15, 0.2) is 36.9 Å². The smallest absolute Gasteiger partial charge is 0.312 e. The summed E-state index contributed by atoms with van der Waals surface area (Å²) in [5.41, 5.74) is 6.18. The van der Waals surface area contributed by atoms with E-state index in [0.717, 1.165) is 18.5 Å². The van der Waals surface area contributed by atoms with Crippen molar-refractivity contribution in [1.29, 1.82) is 0 Å². The lowest BCUT2D eigenvalue weighted by atomic mass is 10.3. The van der Waals surface area contributed by atoms with E-state index in [0.29, 0.717) is 24.8 Å². The van der Waals surface area contributed by atoms with Gasteiger partial charge in [0.2, 0.25) is 0 Å². The Kier molecular flexibility index (Phi) is 4.51. The molecule has 23 heavy (non-hydrogen) atoms. The van der Waals surface area contributed by atoms with Gasteiger partial charge in [-0.2, -0.15) is 0 Å². The summed E-state index contributed by atoms with van der Waals surface area (Å²) in [6, 6.07) is 3.28. The number of amides is 2. The molecule has 0 bridgehead atoms. The molecule has 0 spiro atoms. The van der Waals surface area contributed by atoms with Crippen LogP contribution in [0.1, 0.15) is 12.0 Å². The Bertz CT molecular complexity index is 666. The summed E-state index contributed by atoms with van der Waals surface area (Å²) in [5.74, 6) is 1.15. The molecule has 3 N–H and O–H groups in total. The van der Waals surface area contributed by atoms with E-state index in [9.17, 15) is 4.79 Å². The topological polar surface area (TPSA) is 106 Å². The van der Waals surface area contributed by atoms with E-state index in [1.807, 2.05) is 17.0 Å². The first-order valence-electron chi connectivity index (χ1n) is 7.36. The van der Waals surface area contributed by atoms with Crippen molar-refractivity contribution in [2.45, 2.75) is 19.1 Å². The number of nitrogens with zero attached hydrogens (tertiary/aromatic N) is 4. The number of hydrogen-bond acceptors (Lipinski definition) is 6. The van der Waals surface area contributed by atoms with Gasteiger partial charge in [0.1, 0.15) is 6.61 Å². The van der Waals surface area contributed by atoms with Crippen molar-refractivity contribution in [2.75, 3.05) is 18.0 Å². The average molecular weight is 314 g/mol. The second-order valence-electron chi connectivity index (χ2n) is 5.27. The lowest BCUT2D eigenvalue weighted by Crippen LogP contribution is -2.40. The molecule has 120 valence electrons. The van der Waals surface area contributed by atoms with Crippen molar-refractivity contribution < 1.29 is 9.53 Å². The number of ether oxygens (including phenoxy) is 1. The number of aromatic nitrogens is 3. The third-order valence-corrected chi connectivity index (χ3v) is 3.61. The number of nitrogens with two attached hydrogens (primary N) is 1. The van der Waals surface area contributed by atoms with E-state index >= 15 is 0 Å². The number of anilines is 1. The Labute approximate surface area is 133 Å². The molecule has 1 fully saturated rings. The van der Waals surface area contributed by atoms with Crippen LogP contribution >= 0.6 is 0 Å². The van der Waals surface area contributed by atoms with E-state index < -0.39 is 6.03 Å². The molecule has 1 atom stereocenters. The molecule has 2 aromatic heterocycles. The highest BCUT2D eigenvalue weighted by Crippen LogP contribution is 2.26. The standard InChI is InChI=1S/C15H18N6O2/c16-15(22)20-12-3-8-21(9-12)13-14(19-7-6-18-13)23-10-11-1-4-17-5-2-11/h1-2,4-7,12H,3,8-10H2,(H3,16,20,22). The van der Waals surface area contributed by atoms with Gasteiger partial charge in [0.05, 0.1) is 0 Å². The maximum absolute atomic E-state index is 11.0. The van der Waals surface area contributed by atoms with E-state index in [2.05, 4.69) is 20.3 Å². The maximum atomic E-state index is 11.0. The minimum atomic E-state index is -0.509. The van der Waals surface area contributed by atoms with Gasteiger partial charge in [-0.25, -0.2) is 14.8 Å². The molecular weight excluding hydrogens is 296 g/mol. The van der Waals surface area contributed by atoms with Gasteiger partial charge in [0, 0.05) is 43.9 Å². The number of urea groups is 1. The van der Waals surface area contributed by atoms with Crippen LogP contribution in [0.3, 0.4) is 0 Å². The Morgan fingerprint density at radius 2 is 2.09 bits per heavy atom. The summed E-state index contributed by atoms with van der Waals surface area (Å²) in [5, 5.41) is 2.72. The zero-order valence-electron chi connectivity index (χ0n) is 12.6. The van der Waals surface area contributed by atoms with Crippen LogP contribution in [-0.2, 0) is 6.61 Å². The first kappa shape index (κ1) is 15.0. The molecule has 1 aliphatic heterocycles. The van der Waals surface area contributed by atoms with Crippen LogP contribution < -0.4 is 20.7 Å². The third-order valence-electron chi connectivity index (χ3n) is 3.61. The normalized spacial score (nSPS) is 17.0. The highest BCUT2D eigenvalue weighted by atomic mass is 16.5. The molecule has 8 heteroatoms. The van der Waals surface area contributed by atoms with Gasteiger partial charge >= 0.3 is 6.03 Å². The van der Waals surface area contributed by atoms with Gasteiger partial charge in [-0.3, -0.25) is 4.98 Å². The molecule has 3 rings (SSSR count). The molecule has 0 aromatic carbocycles. The number of carbonyl (C=O) groups excluding carboxylic acids is 1. The fourth-order valence-corrected chi connectivity index (χ4v) is 2.54. The lowest BCUT2D eigenvalue weighted by Gasteiger charge is -2.19. The summed E-state index contributed by atoms with van der Waals surface area (Å²) in [4.78, 5) is 25.6. The average Bonchev–Trinajstić information content (AvgIpc) is 3.02. The molecule has 3 heterocycles. The number of primary amides is 1. The fourth-order valence-electron chi connectivity index (χ4n) is 2.54. The molecule has 1 unspecified atom stereocenters. The molecule has 0 aliphatic carbocycles. The van der Waals surface area contributed by atoms with E-state index in [1.165, 1.54) is 0 Å². The van der Waals surface area contributed by atoms with Crippen LogP contribution in [0, 0.1) is 0 Å². The monoisotopic (exact) mass is 314 g/mol. The van der Waals surface area contributed by atoms with Crippen LogP contribution in [0.5, 0.6) is 5.88 Å². The maximum Gasteiger partial charge on any atom is 0.312 e. The third kappa shape index (κ3) is 3.85. The first-order valence-corrected chi connectivity index (χ1v) is 7.36. The largest absolute Gasteiger partial charge is 0.470 e. The van der Waals surface area contributed by atoms with Gasteiger partial charge in [-0.05, 0) is 24.1 Å². The lowest BCUT2D eigenvalue weighted by molar-refractivity contribution is 0.246. The molecule has 2 aromatic rings. The summed E-state index contributed by atoms with van der Waals surface area (Å²) in [7, 11) is 0. The van der Waals surface area contributed by atoms with E-state index in [4.69, 9.17) is 10.5 Å². The van der Waals surface area contributed by atoms with Crippen LogP contribution in [0.25, 0.3) is 0 Å². The van der Waals surface area contributed by atoms with Crippen molar-refractivity contribution >= 4 is 11.8 Å². The summed E-state index contributed by atoms with van der Waals surface area (Å²) in [6.07, 6.45) is 7.47. The molecule has 1 aliphatic rings. The van der Waals surface area contributed by atoms with E-state index in [1.54, 1.807) is 24.8 Å². The van der Waals surface area contributed by atoms with E-state index in [-0.39, 0.29) is 6.04 Å². The summed E-state index contributed by atoms with van der Waals surface area (Å²) < 4.78 is 5.80. The second kappa shape index (κ2) is 6.91. The minimum Gasteiger partial charge on any atom is -0.470 e. The fraction of sp³-hybridized carbons (Fsp3) is 0.333. The highest BCUT2D eigenvalue weighted by Gasteiger charge is 2.26. The van der Waals surface area contributed by atoms with Gasteiger partial charge < -0.3 is 20.7 Å². The van der Waals surface area contributed by atoms with Crippen molar-refractivity contribution in [3.8, 4) is 5.88 Å². The SMILES string of the molecule is NC(=O)NC1CCN(c2nccnc2OCc2ccncc2)C1.